The van der Waals surface area contributed by atoms with Crippen molar-refractivity contribution in [3.05, 3.63) is 41.9 Å². The molecule has 1 aromatic carbocycles. The number of benzene rings is 1. The maximum absolute atomic E-state index is 12.7. The van der Waals surface area contributed by atoms with E-state index in [1.807, 2.05) is 20.8 Å². The van der Waals surface area contributed by atoms with Crippen LogP contribution in [0.2, 0.25) is 0 Å². The number of rotatable bonds is 9. The van der Waals surface area contributed by atoms with Crippen LogP contribution in [-0.4, -0.2) is 40.2 Å². The van der Waals surface area contributed by atoms with Crippen LogP contribution in [0, 0.1) is 12.8 Å². The molecule has 0 aliphatic heterocycles. The largest absolute Gasteiger partial charge is 0.356 e. The Balaban J connectivity index is 0.00000155. The normalized spacial score (nSPS) is 13.8. The van der Waals surface area contributed by atoms with Crippen molar-refractivity contribution in [2.45, 2.75) is 51.9 Å². The van der Waals surface area contributed by atoms with Gasteiger partial charge in [-0.1, -0.05) is 20.8 Å². The van der Waals surface area contributed by atoms with Gasteiger partial charge >= 0.3 is 0 Å². The second-order valence-corrected chi connectivity index (χ2v) is 8.47. The standard InChI is InChI=1S/C20H27N5O2S.C2H6/c1-4-9-25(12-15-5-6-15)19-11-18(22-13-23-19)20(26)24-17-8-7-16(10-14(17)2)28(27)21-3;1-2/h7-8,10-11,13,15,21H,4-6,9,12H2,1-3H3,(H,24,26);1-2H3. The van der Waals surface area contributed by atoms with Crippen LogP contribution in [0.3, 0.4) is 0 Å². The van der Waals surface area contributed by atoms with Crippen LogP contribution in [0.5, 0.6) is 0 Å². The van der Waals surface area contributed by atoms with Gasteiger partial charge in [-0.15, -0.1) is 0 Å². The summed E-state index contributed by atoms with van der Waals surface area (Å²) in [4.78, 5) is 24.2. The Morgan fingerprint density at radius 3 is 2.57 bits per heavy atom. The van der Waals surface area contributed by atoms with Crippen molar-refractivity contribution in [2.75, 3.05) is 30.4 Å². The number of amides is 1. The van der Waals surface area contributed by atoms with Crippen LogP contribution >= 0.6 is 0 Å². The van der Waals surface area contributed by atoms with E-state index in [0.29, 0.717) is 16.3 Å². The molecule has 7 nitrogen and oxygen atoms in total. The van der Waals surface area contributed by atoms with Gasteiger partial charge in [-0.25, -0.2) is 18.9 Å². The Hall–Kier alpha value is -2.32. The minimum Gasteiger partial charge on any atom is -0.356 e. The van der Waals surface area contributed by atoms with Gasteiger partial charge < -0.3 is 10.2 Å². The van der Waals surface area contributed by atoms with E-state index < -0.39 is 11.0 Å². The molecule has 0 radical (unpaired) electrons. The first-order valence-electron chi connectivity index (χ1n) is 10.6. The van der Waals surface area contributed by atoms with Crippen LogP contribution in [0.1, 0.15) is 56.1 Å². The Kier molecular flexibility index (Phi) is 9.39. The summed E-state index contributed by atoms with van der Waals surface area (Å²) in [6.07, 6.45) is 5.02. The molecule has 0 saturated heterocycles. The van der Waals surface area contributed by atoms with Crippen molar-refractivity contribution in [1.29, 1.82) is 0 Å². The molecular weight excluding hydrogens is 398 g/mol. The topological polar surface area (TPSA) is 87.2 Å². The Labute approximate surface area is 182 Å². The Morgan fingerprint density at radius 2 is 1.97 bits per heavy atom. The van der Waals surface area contributed by atoms with E-state index in [0.717, 1.165) is 36.8 Å². The molecule has 1 amide bonds. The van der Waals surface area contributed by atoms with Crippen molar-refractivity contribution in [1.82, 2.24) is 14.7 Å². The molecule has 30 heavy (non-hydrogen) atoms. The predicted molar refractivity (Wildman–Crippen MR) is 123 cm³/mol. The minimum absolute atomic E-state index is 0.280. The number of carbonyl (C=O) groups is 1. The fourth-order valence-corrected chi connectivity index (χ4v) is 3.73. The lowest BCUT2D eigenvalue weighted by Gasteiger charge is -2.23. The first kappa shape index (κ1) is 24.0. The summed E-state index contributed by atoms with van der Waals surface area (Å²) in [5.74, 6) is 1.26. The molecule has 1 aliphatic carbocycles. The zero-order chi connectivity index (χ0) is 22.1. The molecule has 1 aromatic heterocycles. The van der Waals surface area contributed by atoms with Gasteiger partial charge in [0.25, 0.3) is 5.91 Å². The van der Waals surface area contributed by atoms with Crippen molar-refractivity contribution < 1.29 is 9.00 Å². The summed E-state index contributed by atoms with van der Waals surface area (Å²) < 4.78 is 14.5. The third kappa shape index (κ3) is 6.60. The van der Waals surface area contributed by atoms with E-state index in [-0.39, 0.29) is 5.91 Å². The van der Waals surface area contributed by atoms with Crippen molar-refractivity contribution in [2.24, 2.45) is 5.92 Å². The summed E-state index contributed by atoms with van der Waals surface area (Å²) in [6.45, 7) is 9.91. The number of nitrogens with one attached hydrogen (secondary N) is 2. The second kappa shape index (κ2) is 11.8. The predicted octanol–water partition coefficient (Wildman–Crippen LogP) is 3.93. The molecular formula is C22H33N5O2S. The van der Waals surface area contributed by atoms with Gasteiger partial charge in [0.2, 0.25) is 0 Å². The fraction of sp³-hybridized carbons (Fsp3) is 0.500. The van der Waals surface area contributed by atoms with Gasteiger partial charge in [0.1, 0.15) is 28.8 Å². The van der Waals surface area contributed by atoms with E-state index in [4.69, 9.17) is 0 Å². The van der Waals surface area contributed by atoms with Crippen LogP contribution in [0.25, 0.3) is 0 Å². The average Bonchev–Trinajstić information content (AvgIpc) is 3.60. The molecule has 1 saturated carbocycles. The lowest BCUT2D eigenvalue weighted by Crippen LogP contribution is -2.28. The van der Waals surface area contributed by atoms with E-state index in [1.54, 1.807) is 31.3 Å². The van der Waals surface area contributed by atoms with E-state index in [9.17, 15) is 9.00 Å². The number of aryl methyl sites for hydroxylation is 1. The third-order valence-corrected chi connectivity index (χ3v) is 5.78. The number of nitrogens with zero attached hydrogens (tertiary/aromatic N) is 3. The molecule has 1 aliphatic rings. The number of anilines is 2. The van der Waals surface area contributed by atoms with Gasteiger partial charge in [-0.2, -0.15) is 0 Å². The fourth-order valence-electron chi connectivity index (χ4n) is 3.02. The lowest BCUT2D eigenvalue weighted by atomic mass is 10.2. The number of hydrogen-bond acceptors (Lipinski definition) is 5. The van der Waals surface area contributed by atoms with Crippen LogP contribution in [0.15, 0.2) is 35.5 Å². The van der Waals surface area contributed by atoms with E-state index in [1.165, 1.54) is 19.2 Å². The molecule has 3 rings (SSSR count). The lowest BCUT2D eigenvalue weighted by molar-refractivity contribution is 0.102. The molecule has 1 unspecified atom stereocenters. The number of carbonyl (C=O) groups excluding carboxylic acids is 1. The highest BCUT2D eigenvalue weighted by Crippen LogP contribution is 2.31. The highest BCUT2D eigenvalue weighted by Gasteiger charge is 2.25. The van der Waals surface area contributed by atoms with Gasteiger partial charge in [0, 0.05) is 24.8 Å². The molecule has 1 heterocycles. The zero-order valence-electron chi connectivity index (χ0n) is 18.6. The summed E-state index contributed by atoms with van der Waals surface area (Å²) >= 11 is 0. The summed E-state index contributed by atoms with van der Waals surface area (Å²) in [5.41, 5.74) is 1.85. The van der Waals surface area contributed by atoms with Crippen molar-refractivity contribution in [3.63, 3.8) is 0 Å². The summed E-state index contributed by atoms with van der Waals surface area (Å²) in [6, 6.07) is 7.05. The molecule has 8 heteroatoms. The molecule has 2 N–H and O–H groups in total. The minimum atomic E-state index is -1.26. The molecule has 1 atom stereocenters. The molecule has 164 valence electrons. The maximum Gasteiger partial charge on any atom is 0.274 e. The average molecular weight is 432 g/mol. The van der Waals surface area contributed by atoms with Gasteiger partial charge in [0.05, 0.1) is 4.90 Å². The van der Waals surface area contributed by atoms with Gasteiger partial charge in [-0.05, 0) is 62.9 Å². The van der Waals surface area contributed by atoms with Crippen LogP contribution in [0.4, 0.5) is 11.5 Å². The first-order chi connectivity index (χ1) is 14.5. The summed E-state index contributed by atoms with van der Waals surface area (Å²) in [5, 5.41) is 2.89. The smallest absolute Gasteiger partial charge is 0.274 e. The molecule has 0 bridgehead atoms. The summed E-state index contributed by atoms with van der Waals surface area (Å²) in [7, 11) is 0.381. The Bertz CT molecular complexity index is 870. The molecule has 2 aromatic rings. The number of hydrogen-bond donors (Lipinski definition) is 2. The zero-order valence-corrected chi connectivity index (χ0v) is 19.4. The second-order valence-electron chi connectivity index (χ2n) is 7.05. The van der Waals surface area contributed by atoms with Gasteiger partial charge in [-0.3, -0.25) is 4.79 Å². The van der Waals surface area contributed by atoms with E-state index >= 15 is 0 Å². The van der Waals surface area contributed by atoms with Crippen LogP contribution < -0.4 is 14.9 Å². The molecule has 1 fully saturated rings. The Morgan fingerprint density at radius 1 is 1.23 bits per heavy atom. The maximum atomic E-state index is 12.7. The number of aromatic nitrogens is 2. The third-order valence-electron chi connectivity index (χ3n) is 4.72. The SMILES string of the molecule is CC.CCCN(CC1CC1)c1cc(C(=O)Nc2ccc(S(=O)NC)cc2C)ncn1. The van der Waals surface area contributed by atoms with Gasteiger partial charge in [0.15, 0.2) is 0 Å². The van der Waals surface area contributed by atoms with Crippen molar-refractivity contribution in [3.8, 4) is 0 Å². The first-order valence-corrected chi connectivity index (χ1v) is 11.7. The highest BCUT2D eigenvalue weighted by molar-refractivity contribution is 7.83. The van der Waals surface area contributed by atoms with Crippen molar-refractivity contribution >= 4 is 28.4 Å². The van der Waals surface area contributed by atoms with E-state index in [2.05, 4.69) is 31.8 Å². The monoisotopic (exact) mass is 431 g/mol. The molecule has 0 spiro atoms. The highest BCUT2D eigenvalue weighted by atomic mass is 32.2. The van der Waals surface area contributed by atoms with Crippen LogP contribution in [-0.2, 0) is 11.0 Å². The quantitative estimate of drug-likeness (QED) is 0.628.